The van der Waals surface area contributed by atoms with Gasteiger partial charge in [-0.3, -0.25) is 0 Å². The summed E-state index contributed by atoms with van der Waals surface area (Å²) in [6, 6.07) is 9.82. The smallest absolute Gasteiger partial charge is 0.160 e. The Labute approximate surface area is 115 Å². The maximum absolute atomic E-state index is 10.0. The molecule has 1 aromatic carbocycles. The summed E-state index contributed by atoms with van der Waals surface area (Å²) in [4.78, 5) is 8.71. The van der Waals surface area contributed by atoms with Crippen molar-refractivity contribution >= 4 is 15.9 Å². The lowest BCUT2D eigenvalue weighted by Gasteiger charge is -2.17. The molecule has 0 saturated carbocycles. The molecule has 1 aromatic heterocycles. The van der Waals surface area contributed by atoms with Gasteiger partial charge in [0.2, 0.25) is 0 Å². The second-order valence-corrected chi connectivity index (χ2v) is 5.70. The fourth-order valence-electron chi connectivity index (χ4n) is 1.64. The van der Waals surface area contributed by atoms with Gasteiger partial charge in [-0.15, -0.1) is 0 Å². The number of aryl methyl sites for hydroxylation is 1. The predicted molar refractivity (Wildman–Crippen MR) is 75.1 cm³/mol. The fraction of sp³-hybridized carbons (Fsp3) is 0.286. The summed E-state index contributed by atoms with van der Waals surface area (Å²) in [6.45, 7) is 5.28. The van der Waals surface area contributed by atoms with Crippen LogP contribution in [0.5, 0.6) is 0 Å². The van der Waals surface area contributed by atoms with E-state index >= 15 is 0 Å². The fourth-order valence-corrected chi connectivity index (χ4v) is 2.04. The largest absolute Gasteiger partial charge is 0.382 e. The Hall–Kier alpha value is -1.26. The Morgan fingerprint density at radius 3 is 2.50 bits per heavy atom. The normalized spacial score (nSPS) is 11.6. The van der Waals surface area contributed by atoms with Gasteiger partial charge in [-0.25, -0.2) is 9.97 Å². The van der Waals surface area contributed by atoms with E-state index < -0.39 is 5.60 Å². The lowest BCUT2D eigenvalue weighted by atomic mass is 10.1. The molecule has 0 radical (unpaired) electrons. The molecule has 0 aliphatic carbocycles. The molecule has 0 fully saturated rings. The van der Waals surface area contributed by atoms with Crippen LogP contribution in [0.1, 0.15) is 25.4 Å². The molecular weight excluding hydrogens is 292 g/mol. The van der Waals surface area contributed by atoms with Crippen LogP contribution < -0.4 is 0 Å². The quantitative estimate of drug-likeness (QED) is 0.924. The SMILES string of the molecule is Cc1cc(-c2cccc(Br)c2)nc(C(C)(C)O)n1. The van der Waals surface area contributed by atoms with E-state index in [2.05, 4.69) is 25.9 Å². The summed E-state index contributed by atoms with van der Waals surface area (Å²) >= 11 is 3.44. The summed E-state index contributed by atoms with van der Waals surface area (Å²) in [7, 11) is 0. The van der Waals surface area contributed by atoms with E-state index in [0.717, 1.165) is 21.4 Å². The Kier molecular flexibility index (Phi) is 3.50. The van der Waals surface area contributed by atoms with E-state index in [-0.39, 0.29) is 0 Å². The second kappa shape index (κ2) is 4.78. The first-order valence-corrected chi connectivity index (χ1v) is 6.50. The van der Waals surface area contributed by atoms with Crippen LogP contribution in [0.2, 0.25) is 0 Å². The number of nitrogens with zero attached hydrogens (tertiary/aromatic N) is 2. The highest BCUT2D eigenvalue weighted by molar-refractivity contribution is 9.10. The standard InChI is InChI=1S/C14H15BrN2O/c1-9-7-12(10-5-4-6-11(15)8-10)17-13(16-9)14(2,3)18/h4-8,18H,1-3H3. The van der Waals surface area contributed by atoms with Crippen LogP contribution in [0.3, 0.4) is 0 Å². The van der Waals surface area contributed by atoms with Gasteiger partial charge in [0.05, 0.1) is 5.69 Å². The van der Waals surface area contributed by atoms with Crippen molar-refractivity contribution in [2.24, 2.45) is 0 Å². The van der Waals surface area contributed by atoms with E-state index in [0.29, 0.717) is 5.82 Å². The van der Waals surface area contributed by atoms with Crippen molar-refractivity contribution in [1.82, 2.24) is 9.97 Å². The first-order valence-electron chi connectivity index (χ1n) is 5.71. The van der Waals surface area contributed by atoms with E-state index in [1.165, 1.54) is 0 Å². The minimum absolute atomic E-state index is 0.442. The Bertz CT molecular complexity index is 576. The zero-order valence-corrected chi connectivity index (χ0v) is 12.2. The van der Waals surface area contributed by atoms with Crippen molar-refractivity contribution in [2.75, 3.05) is 0 Å². The predicted octanol–water partition coefficient (Wildman–Crippen LogP) is 3.44. The van der Waals surface area contributed by atoms with Gasteiger partial charge in [0.25, 0.3) is 0 Å². The van der Waals surface area contributed by atoms with Gasteiger partial charge in [0.1, 0.15) is 5.60 Å². The third kappa shape index (κ3) is 2.94. The van der Waals surface area contributed by atoms with Crippen molar-refractivity contribution in [3.8, 4) is 11.3 Å². The highest BCUT2D eigenvalue weighted by Crippen LogP contribution is 2.24. The van der Waals surface area contributed by atoms with Crippen molar-refractivity contribution in [2.45, 2.75) is 26.4 Å². The molecule has 0 amide bonds. The topological polar surface area (TPSA) is 46.0 Å². The van der Waals surface area contributed by atoms with Crippen molar-refractivity contribution < 1.29 is 5.11 Å². The minimum Gasteiger partial charge on any atom is -0.382 e. The molecular formula is C14H15BrN2O. The zero-order chi connectivity index (χ0) is 13.3. The lowest BCUT2D eigenvalue weighted by molar-refractivity contribution is 0.0686. The number of rotatable bonds is 2. The maximum Gasteiger partial charge on any atom is 0.160 e. The van der Waals surface area contributed by atoms with E-state index in [1.807, 2.05) is 37.3 Å². The third-order valence-electron chi connectivity index (χ3n) is 2.52. The maximum atomic E-state index is 10.0. The van der Waals surface area contributed by atoms with Crippen LogP contribution in [-0.2, 0) is 5.60 Å². The molecule has 0 spiro atoms. The summed E-state index contributed by atoms with van der Waals surface area (Å²) in [6.07, 6.45) is 0. The van der Waals surface area contributed by atoms with Gasteiger partial charge in [0.15, 0.2) is 5.82 Å². The Balaban J connectivity index is 2.55. The molecule has 2 aromatic rings. The van der Waals surface area contributed by atoms with Crippen LogP contribution in [0.15, 0.2) is 34.8 Å². The van der Waals surface area contributed by atoms with Gasteiger partial charge >= 0.3 is 0 Å². The van der Waals surface area contributed by atoms with Gasteiger partial charge in [-0.2, -0.15) is 0 Å². The highest BCUT2D eigenvalue weighted by Gasteiger charge is 2.20. The van der Waals surface area contributed by atoms with Crippen LogP contribution in [0.4, 0.5) is 0 Å². The van der Waals surface area contributed by atoms with Crippen LogP contribution in [0, 0.1) is 6.92 Å². The first kappa shape index (κ1) is 13.2. The molecule has 1 heterocycles. The van der Waals surface area contributed by atoms with Crippen molar-refractivity contribution in [1.29, 1.82) is 0 Å². The molecule has 2 rings (SSSR count). The molecule has 4 heteroatoms. The summed E-state index contributed by atoms with van der Waals surface area (Å²) in [5.74, 6) is 0.442. The van der Waals surface area contributed by atoms with Crippen LogP contribution in [-0.4, -0.2) is 15.1 Å². The van der Waals surface area contributed by atoms with Crippen LogP contribution in [0.25, 0.3) is 11.3 Å². The number of aromatic nitrogens is 2. The zero-order valence-electron chi connectivity index (χ0n) is 10.6. The second-order valence-electron chi connectivity index (χ2n) is 4.79. The Morgan fingerprint density at radius 1 is 1.17 bits per heavy atom. The summed E-state index contributed by atoms with van der Waals surface area (Å²) in [5.41, 5.74) is 1.63. The molecule has 0 atom stereocenters. The van der Waals surface area contributed by atoms with E-state index in [1.54, 1.807) is 13.8 Å². The van der Waals surface area contributed by atoms with Gasteiger partial charge in [0, 0.05) is 15.7 Å². The van der Waals surface area contributed by atoms with E-state index in [9.17, 15) is 5.11 Å². The molecule has 0 aliphatic rings. The third-order valence-corrected chi connectivity index (χ3v) is 3.02. The average Bonchev–Trinajstić information content (AvgIpc) is 2.27. The molecule has 1 N–H and O–H groups in total. The number of hydrogen-bond donors (Lipinski definition) is 1. The lowest BCUT2D eigenvalue weighted by Crippen LogP contribution is -2.20. The number of halogens is 1. The van der Waals surface area contributed by atoms with Crippen molar-refractivity contribution in [3.05, 3.63) is 46.3 Å². The molecule has 18 heavy (non-hydrogen) atoms. The molecule has 0 bridgehead atoms. The molecule has 0 unspecified atom stereocenters. The molecule has 94 valence electrons. The molecule has 3 nitrogen and oxygen atoms in total. The van der Waals surface area contributed by atoms with Crippen molar-refractivity contribution in [3.63, 3.8) is 0 Å². The first-order chi connectivity index (χ1) is 8.36. The number of hydrogen-bond acceptors (Lipinski definition) is 3. The van der Waals surface area contributed by atoms with Gasteiger partial charge < -0.3 is 5.11 Å². The summed E-state index contributed by atoms with van der Waals surface area (Å²) < 4.78 is 1.00. The van der Waals surface area contributed by atoms with Crippen LogP contribution >= 0.6 is 15.9 Å². The van der Waals surface area contributed by atoms with E-state index in [4.69, 9.17) is 0 Å². The van der Waals surface area contributed by atoms with Gasteiger partial charge in [-0.1, -0.05) is 28.1 Å². The molecule has 0 saturated heterocycles. The average molecular weight is 307 g/mol. The highest BCUT2D eigenvalue weighted by atomic mass is 79.9. The Morgan fingerprint density at radius 2 is 1.89 bits per heavy atom. The minimum atomic E-state index is -1.03. The molecule has 0 aliphatic heterocycles. The number of benzene rings is 1. The van der Waals surface area contributed by atoms with Gasteiger partial charge in [-0.05, 0) is 39.0 Å². The summed E-state index contributed by atoms with van der Waals surface area (Å²) in [5, 5.41) is 10.0. The monoisotopic (exact) mass is 306 g/mol. The number of aliphatic hydroxyl groups is 1.